The van der Waals surface area contributed by atoms with Crippen molar-refractivity contribution in [1.29, 1.82) is 0 Å². The molecule has 94 valence electrons. The molecule has 2 aromatic rings. The summed E-state index contributed by atoms with van der Waals surface area (Å²) in [6.45, 7) is 2.11. The van der Waals surface area contributed by atoms with Gasteiger partial charge in [0.1, 0.15) is 5.82 Å². The van der Waals surface area contributed by atoms with Crippen molar-refractivity contribution in [2.24, 2.45) is 0 Å². The molecular formula is C13H17N5. The van der Waals surface area contributed by atoms with Crippen LogP contribution < -0.4 is 11.1 Å². The monoisotopic (exact) mass is 243 g/mol. The summed E-state index contributed by atoms with van der Waals surface area (Å²) in [6, 6.07) is 7.66. The molecule has 4 N–H and O–H groups in total. The van der Waals surface area contributed by atoms with Crippen LogP contribution in [0.1, 0.15) is 24.6 Å². The number of hydrogen-bond acceptors (Lipinski definition) is 4. The summed E-state index contributed by atoms with van der Waals surface area (Å²) < 4.78 is 0. The van der Waals surface area contributed by atoms with Gasteiger partial charge < -0.3 is 11.1 Å². The number of nitrogens with two attached hydrogens (primary N) is 1. The Morgan fingerprint density at radius 1 is 1.22 bits per heavy atom. The summed E-state index contributed by atoms with van der Waals surface area (Å²) in [5.74, 6) is 2.22. The van der Waals surface area contributed by atoms with E-state index in [-0.39, 0.29) is 0 Å². The van der Waals surface area contributed by atoms with Crippen LogP contribution in [0.2, 0.25) is 0 Å². The predicted molar refractivity (Wildman–Crippen MR) is 71.1 cm³/mol. The summed E-state index contributed by atoms with van der Waals surface area (Å²) in [5.41, 5.74) is 7.47. The van der Waals surface area contributed by atoms with E-state index in [4.69, 9.17) is 5.73 Å². The topological polar surface area (TPSA) is 79.6 Å². The van der Waals surface area contributed by atoms with Gasteiger partial charge in [-0.25, -0.2) is 4.98 Å². The number of H-pyrrole nitrogens is 1. The number of nitrogens with one attached hydrogen (secondary N) is 2. The molecule has 1 fully saturated rings. The maximum absolute atomic E-state index is 5.77. The Morgan fingerprint density at radius 3 is 2.83 bits per heavy atom. The van der Waals surface area contributed by atoms with Gasteiger partial charge in [0.25, 0.3) is 0 Å². The standard InChI is InChI=1S/C13H17N5/c14-11-3-1-2-10(8-11)13-16-12(17-18-13)9-4-6-15-7-5-9/h1-3,8-9,15H,4-7,14H2,(H,16,17,18). The van der Waals surface area contributed by atoms with E-state index in [1.54, 1.807) is 0 Å². The molecule has 0 spiro atoms. The molecule has 0 saturated carbocycles. The van der Waals surface area contributed by atoms with Gasteiger partial charge in [0.2, 0.25) is 0 Å². The zero-order valence-electron chi connectivity index (χ0n) is 10.2. The molecule has 0 bridgehead atoms. The minimum Gasteiger partial charge on any atom is -0.399 e. The number of aromatic nitrogens is 3. The number of rotatable bonds is 2. The van der Waals surface area contributed by atoms with Crippen molar-refractivity contribution in [1.82, 2.24) is 20.5 Å². The fourth-order valence-corrected chi connectivity index (χ4v) is 2.36. The van der Waals surface area contributed by atoms with Gasteiger partial charge in [-0.2, -0.15) is 5.10 Å². The molecule has 0 unspecified atom stereocenters. The SMILES string of the molecule is Nc1cccc(-c2n[nH]c(C3CCNCC3)n2)c1. The fraction of sp³-hybridized carbons (Fsp3) is 0.385. The third-order valence-corrected chi connectivity index (χ3v) is 3.37. The zero-order chi connectivity index (χ0) is 12.4. The second kappa shape index (κ2) is 4.78. The normalized spacial score (nSPS) is 16.9. The molecule has 1 aliphatic heterocycles. The average molecular weight is 243 g/mol. The molecule has 0 amide bonds. The van der Waals surface area contributed by atoms with Crippen molar-refractivity contribution < 1.29 is 0 Å². The molecular weight excluding hydrogens is 226 g/mol. The first-order valence-electron chi connectivity index (χ1n) is 6.32. The largest absolute Gasteiger partial charge is 0.399 e. The highest BCUT2D eigenvalue weighted by molar-refractivity contribution is 5.60. The van der Waals surface area contributed by atoms with E-state index in [0.717, 1.165) is 48.8 Å². The van der Waals surface area contributed by atoms with E-state index in [1.807, 2.05) is 24.3 Å². The van der Waals surface area contributed by atoms with Gasteiger partial charge in [0, 0.05) is 17.2 Å². The summed E-state index contributed by atoms with van der Waals surface area (Å²) in [4.78, 5) is 4.60. The molecule has 0 atom stereocenters. The van der Waals surface area contributed by atoms with Crippen LogP contribution in [0.15, 0.2) is 24.3 Å². The lowest BCUT2D eigenvalue weighted by Crippen LogP contribution is -2.27. The summed E-state index contributed by atoms with van der Waals surface area (Å²) >= 11 is 0. The van der Waals surface area contributed by atoms with E-state index in [1.165, 1.54) is 0 Å². The number of nitrogen functional groups attached to an aromatic ring is 1. The molecule has 1 aromatic heterocycles. The lowest BCUT2D eigenvalue weighted by molar-refractivity contribution is 0.446. The number of nitrogens with zero attached hydrogens (tertiary/aromatic N) is 2. The highest BCUT2D eigenvalue weighted by Gasteiger charge is 2.19. The molecule has 18 heavy (non-hydrogen) atoms. The smallest absolute Gasteiger partial charge is 0.181 e. The number of aromatic amines is 1. The Hall–Kier alpha value is -1.88. The third-order valence-electron chi connectivity index (χ3n) is 3.37. The van der Waals surface area contributed by atoms with E-state index < -0.39 is 0 Å². The minimum absolute atomic E-state index is 0.494. The third kappa shape index (κ3) is 2.22. The maximum atomic E-state index is 5.77. The van der Waals surface area contributed by atoms with Crippen LogP contribution in [0.5, 0.6) is 0 Å². The minimum atomic E-state index is 0.494. The number of benzene rings is 1. The van der Waals surface area contributed by atoms with Gasteiger partial charge in [-0.1, -0.05) is 12.1 Å². The Balaban J connectivity index is 1.84. The van der Waals surface area contributed by atoms with Crippen LogP contribution in [-0.2, 0) is 0 Å². The summed E-state index contributed by atoms with van der Waals surface area (Å²) in [6.07, 6.45) is 2.23. The Bertz CT molecular complexity index is 528. The van der Waals surface area contributed by atoms with Crippen molar-refractivity contribution in [3.8, 4) is 11.4 Å². The number of hydrogen-bond donors (Lipinski definition) is 3. The van der Waals surface area contributed by atoms with Gasteiger partial charge in [0.05, 0.1) is 0 Å². The van der Waals surface area contributed by atoms with Crippen LogP contribution in [0, 0.1) is 0 Å². The van der Waals surface area contributed by atoms with E-state index in [2.05, 4.69) is 20.5 Å². The molecule has 5 nitrogen and oxygen atoms in total. The average Bonchev–Trinajstić information content (AvgIpc) is 2.89. The van der Waals surface area contributed by atoms with Crippen molar-refractivity contribution >= 4 is 5.69 Å². The molecule has 1 saturated heterocycles. The molecule has 3 rings (SSSR count). The van der Waals surface area contributed by atoms with E-state index >= 15 is 0 Å². The van der Waals surface area contributed by atoms with Gasteiger partial charge >= 0.3 is 0 Å². The second-order valence-electron chi connectivity index (χ2n) is 4.69. The zero-order valence-corrected chi connectivity index (χ0v) is 10.2. The fourth-order valence-electron chi connectivity index (χ4n) is 2.36. The second-order valence-corrected chi connectivity index (χ2v) is 4.69. The van der Waals surface area contributed by atoms with Crippen molar-refractivity contribution in [3.05, 3.63) is 30.1 Å². The molecule has 0 radical (unpaired) electrons. The van der Waals surface area contributed by atoms with Crippen LogP contribution in [0.4, 0.5) is 5.69 Å². The van der Waals surface area contributed by atoms with E-state index in [0.29, 0.717) is 5.92 Å². The quantitative estimate of drug-likeness (QED) is 0.699. The number of piperidine rings is 1. The molecule has 5 heteroatoms. The number of anilines is 1. The first-order chi connectivity index (χ1) is 8.83. The van der Waals surface area contributed by atoms with Crippen LogP contribution in [0.25, 0.3) is 11.4 Å². The lowest BCUT2D eigenvalue weighted by atomic mass is 9.98. The Kier molecular flexibility index (Phi) is 2.98. The van der Waals surface area contributed by atoms with Crippen LogP contribution in [0.3, 0.4) is 0 Å². The van der Waals surface area contributed by atoms with Gasteiger partial charge in [-0.15, -0.1) is 0 Å². The van der Waals surface area contributed by atoms with Crippen LogP contribution >= 0.6 is 0 Å². The highest BCUT2D eigenvalue weighted by Crippen LogP contribution is 2.24. The molecule has 1 aromatic carbocycles. The first-order valence-corrected chi connectivity index (χ1v) is 6.32. The molecule has 2 heterocycles. The van der Waals surface area contributed by atoms with Gasteiger partial charge in [-0.3, -0.25) is 5.10 Å². The Morgan fingerprint density at radius 2 is 2.06 bits per heavy atom. The van der Waals surface area contributed by atoms with Crippen molar-refractivity contribution in [3.63, 3.8) is 0 Å². The molecule has 1 aliphatic rings. The lowest BCUT2D eigenvalue weighted by Gasteiger charge is -2.19. The van der Waals surface area contributed by atoms with Gasteiger partial charge in [0.15, 0.2) is 5.82 Å². The van der Waals surface area contributed by atoms with Gasteiger partial charge in [-0.05, 0) is 38.1 Å². The summed E-state index contributed by atoms with van der Waals surface area (Å²) in [7, 11) is 0. The predicted octanol–water partition coefficient (Wildman–Crippen LogP) is 1.52. The summed E-state index contributed by atoms with van der Waals surface area (Å²) in [5, 5.41) is 10.7. The van der Waals surface area contributed by atoms with Crippen molar-refractivity contribution in [2.75, 3.05) is 18.8 Å². The first kappa shape index (κ1) is 11.2. The molecule has 0 aliphatic carbocycles. The Labute approximate surface area is 106 Å². The van der Waals surface area contributed by atoms with Crippen LogP contribution in [-0.4, -0.2) is 28.3 Å². The van der Waals surface area contributed by atoms with Crippen molar-refractivity contribution in [2.45, 2.75) is 18.8 Å². The maximum Gasteiger partial charge on any atom is 0.181 e. The highest BCUT2D eigenvalue weighted by atomic mass is 15.2. The van der Waals surface area contributed by atoms with E-state index in [9.17, 15) is 0 Å².